The Morgan fingerprint density at radius 2 is 1.76 bits per heavy atom. The van der Waals surface area contributed by atoms with E-state index < -0.39 is 0 Å². The fourth-order valence-corrected chi connectivity index (χ4v) is 2.03. The van der Waals surface area contributed by atoms with E-state index in [1.807, 2.05) is 18.2 Å². The lowest BCUT2D eigenvalue weighted by Crippen LogP contribution is -2.28. The van der Waals surface area contributed by atoms with Crippen LogP contribution in [0.3, 0.4) is 0 Å². The van der Waals surface area contributed by atoms with Crippen molar-refractivity contribution in [3.63, 3.8) is 0 Å². The number of nitrogens with two attached hydrogens (primary N) is 1. The molecule has 4 N–H and O–H groups in total. The molecule has 0 atom stereocenters. The lowest BCUT2D eigenvalue weighted by molar-refractivity contribution is 0.408. The van der Waals surface area contributed by atoms with Gasteiger partial charge in [0.05, 0.1) is 0 Å². The molecule has 17 heavy (non-hydrogen) atoms. The van der Waals surface area contributed by atoms with Crippen LogP contribution >= 0.6 is 0 Å². The molecule has 0 aromatic heterocycles. The van der Waals surface area contributed by atoms with Crippen LogP contribution in [0.2, 0.25) is 0 Å². The van der Waals surface area contributed by atoms with Crippen molar-refractivity contribution < 1.29 is 10.2 Å². The zero-order chi connectivity index (χ0) is 12.6. The fourth-order valence-electron chi connectivity index (χ4n) is 2.03. The standard InChI is InChI=1S/C14H17NO2/c1-14(2,8-15)11-5-3-4-10-9(11)6-7-12(16)13(10)17/h3-7,16-17H,8,15H2,1-2H3. The van der Waals surface area contributed by atoms with E-state index >= 15 is 0 Å². The molecule has 3 nitrogen and oxygen atoms in total. The molecular weight excluding hydrogens is 214 g/mol. The second-order valence-electron chi connectivity index (χ2n) is 4.92. The number of phenolic OH excluding ortho intramolecular Hbond substituents is 2. The molecule has 0 spiro atoms. The molecule has 0 aliphatic rings. The number of benzene rings is 2. The van der Waals surface area contributed by atoms with E-state index in [0.717, 1.165) is 10.9 Å². The zero-order valence-electron chi connectivity index (χ0n) is 10.1. The molecule has 3 heteroatoms. The first-order valence-electron chi connectivity index (χ1n) is 5.61. The van der Waals surface area contributed by atoms with Crippen LogP contribution in [-0.2, 0) is 5.41 Å². The molecule has 0 aliphatic carbocycles. The third-order valence-corrected chi connectivity index (χ3v) is 3.25. The van der Waals surface area contributed by atoms with Gasteiger partial charge in [0.25, 0.3) is 0 Å². The minimum absolute atomic E-state index is 0.0721. The van der Waals surface area contributed by atoms with Crippen molar-refractivity contribution in [2.45, 2.75) is 19.3 Å². The Bertz CT molecular complexity index is 561. The van der Waals surface area contributed by atoms with Crippen molar-refractivity contribution in [1.29, 1.82) is 0 Å². The summed E-state index contributed by atoms with van der Waals surface area (Å²) in [6, 6.07) is 8.99. The smallest absolute Gasteiger partial charge is 0.165 e. The van der Waals surface area contributed by atoms with E-state index in [-0.39, 0.29) is 16.9 Å². The maximum atomic E-state index is 9.84. The van der Waals surface area contributed by atoms with Crippen LogP contribution in [0.25, 0.3) is 10.8 Å². The largest absolute Gasteiger partial charge is 0.504 e. The van der Waals surface area contributed by atoms with Crippen molar-refractivity contribution in [2.24, 2.45) is 5.73 Å². The number of hydrogen-bond acceptors (Lipinski definition) is 3. The van der Waals surface area contributed by atoms with E-state index in [1.54, 1.807) is 6.07 Å². The Morgan fingerprint density at radius 3 is 2.41 bits per heavy atom. The molecule has 0 saturated carbocycles. The highest BCUT2D eigenvalue weighted by Gasteiger charge is 2.21. The zero-order valence-corrected chi connectivity index (χ0v) is 10.1. The van der Waals surface area contributed by atoms with E-state index in [0.29, 0.717) is 11.9 Å². The molecule has 2 rings (SSSR count). The third kappa shape index (κ3) is 1.83. The highest BCUT2D eigenvalue weighted by molar-refractivity contribution is 5.93. The summed E-state index contributed by atoms with van der Waals surface area (Å²) in [5, 5.41) is 20.9. The normalized spacial score (nSPS) is 11.9. The molecule has 0 unspecified atom stereocenters. The predicted octanol–water partition coefficient (Wildman–Crippen LogP) is 2.49. The summed E-state index contributed by atoms with van der Waals surface area (Å²) < 4.78 is 0. The molecular formula is C14H17NO2. The predicted molar refractivity (Wildman–Crippen MR) is 69.4 cm³/mol. The monoisotopic (exact) mass is 231 g/mol. The lowest BCUT2D eigenvalue weighted by atomic mass is 9.82. The first kappa shape index (κ1) is 11.7. The van der Waals surface area contributed by atoms with Gasteiger partial charge >= 0.3 is 0 Å². The molecule has 0 saturated heterocycles. The van der Waals surface area contributed by atoms with Crippen LogP contribution in [0, 0.1) is 0 Å². The summed E-state index contributed by atoms with van der Waals surface area (Å²) in [5.41, 5.74) is 6.70. The summed E-state index contributed by atoms with van der Waals surface area (Å²) in [4.78, 5) is 0. The van der Waals surface area contributed by atoms with Gasteiger partial charge in [0.1, 0.15) is 0 Å². The van der Waals surface area contributed by atoms with Crippen molar-refractivity contribution in [1.82, 2.24) is 0 Å². The van der Waals surface area contributed by atoms with E-state index in [4.69, 9.17) is 5.73 Å². The van der Waals surface area contributed by atoms with Crippen LogP contribution in [0.15, 0.2) is 30.3 Å². The van der Waals surface area contributed by atoms with Crippen LogP contribution in [0.5, 0.6) is 11.5 Å². The SMILES string of the molecule is CC(C)(CN)c1cccc2c(O)c(O)ccc12. The number of rotatable bonds is 2. The van der Waals surface area contributed by atoms with Crippen molar-refractivity contribution >= 4 is 10.8 Å². The molecule has 0 heterocycles. The van der Waals surface area contributed by atoms with E-state index in [1.165, 1.54) is 6.07 Å². The van der Waals surface area contributed by atoms with Gasteiger partial charge in [-0.25, -0.2) is 0 Å². The minimum atomic E-state index is -0.164. The molecule has 0 radical (unpaired) electrons. The average molecular weight is 231 g/mol. The molecule has 0 fully saturated rings. The van der Waals surface area contributed by atoms with Crippen molar-refractivity contribution in [3.05, 3.63) is 35.9 Å². The minimum Gasteiger partial charge on any atom is -0.504 e. The number of fused-ring (bicyclic) bond motifs is 1. The second-order valence-corrected chi connectivity index (χ2v) is 4.92. The highest BCUT2D eigenvalue weighted by atomic mass is 16.3. The van der Waals surface area contributed by atoms with Gasteiger partial charge in [-0.05, 0) is 17.0 Å². The van der Waals surface area contributed by atoms with Gasteiger partial charge < -0.3 is 15.9 Å². The van der Waals surface area contributed by atoms with Gasteiger partial charge in [-0.2, -0.15) is 0 Å². The van der Waals surface area contributed by atoms with Crippen LogP contribution in [0.4, 0.5) is 0 Å². The van der Waals surface area contributed by atoms with Gasteiger partial charge in [-0.15, -0.1) is 0 Å². The lowest BCUT2D eigenvalue weighted by Gasteiger charge is -2.25. The van der Waals surface area contributed by atoms with E-state index in [2.05, 4.69) is 13.8 Å². The fraction of sp³-hybridized carbons (Fsp3) is 0.286. The van der Waals surface area contributed by atoms with Crippen molar-refractivity contribution in [2.75, 3.05) is 6.54 Å². The Hall–Kier alpha value is -1.74. The van der Waals surface area contributed by atoms with Gasteiger partial charge in [0, 0.05) is 17.3 Å². The maximum absolute atomic E-state index is 9.84. The van der Waals surface area contributed by atoms with Gasteiger partial charge in [0.2, 0.25) is 0 Å². The molecule has 2 aromatic carbocycles. The highest BCUT2D eigenvalue weighted by Crippen LogP contribution is 2.38. The molecule has 2 aromatic rings. The summed E-state index contributed by atoms with van der Waals surface area (Å²) in [5.74, 6) is -0.169. The Kier molecular flexibility index (Phi) is 2.71. The van der Waals surface area contributed by atoms with E-state index in [9.17, 15) is 10.2 Å². The summed E-state index contributed by atoms with van der Waals surface area (Å²) in [6.45, 7) is 4.64. The topological polar surface area (TPSA) is 66.5 Å². The quantitative estimate of drug-likeness (QED) is 0.696. The van der Waals surface area contributed by atoms with Gasteiger partial charge in [-0.1, -0.05) is 38.1 Å². The average Bonchev–Trinajstić information content (AvgIpc) is 2.33. The van der Waals surface area contributed by atoms with Gasteiger partial charge in [0.15, 0.2) is 11.5 Å². The first-order chi connectivity index (χ1) is 7.97. The number of phenols is 2. The molecule has 0 aliphatic heterocycles. The second kappa shape index (κ2) is 3.93. The summed E-state index contributed by atoms with van der Waals surface area (Å²) in [6.07, 6.45) is 0. The maximum Gasteiger partial charge on any atom is 0.165 e. The van der Waals surface area contributed by atoms with Crippen LogP contribution in [0.1, 0.15) is 19.4 Å². The first-order valence-corrected chi connectivity index (χ1v) is 5.61. The molecule has 0 bridgehead atoms. The van der Waals surface area contributed by atoms with Crippen LogP contribution in [-0.4, -0.2) is 16.8 Å². The Balaban J connectivity index is 2.80. The van der Waals surface area contributed by atoms with Gasteiger partial charge in [-0.3, -0.25) is 0 Å². The number of hydrogen-bond donors (Lipinski definition) is 3. The third-order valence-electron chi connectivity index (χ3n) is 3.25. The Morgan fingerprint density at radius 1 is 1.06 bits per heavy atom. The molecule has 0 amide bonds. The van der Waals surface area contributed by atoms with Crippen molar-refractivity contribution in [3.8, 4) is 11.5 Å². The summed E-state index contributed by atoms with van der Waals surface area (Å²) >= 11 is 0. The molecule has 90 valence electrons. The Labute approximate surface area is 101 Å². The number of aromatic hydroxyl groups is 2. The summed E-state index contributed by atoms with van der Waals surface area (Å²) in [7, 11) is 0. The van der Waals surface area contributed by atoms with Crippen LogP contribution < -0.4 is 5.73 Å².